The first-order valence-corrected chi connectivity index (χ1v) is 4.39. The highest BCUT2D eigenvalue weighted by Gasteiger charge is 2.12. The molecule has 0 bridgehead atoms. The van der Waals surface area contributed by atoms with Crippen molar-refractivity contribution in [1.29, 1.82) is 0 Å². The smallest absolute Gasteiger partial charge is 0.253 e. The number of hydrogen-bond donors (Lipinski definition) is 2. The fraction of sp³-hybridized carbons (Fsp3) is 0.182. The van der Waals surface area contributed by atoms with Crippen LogP contribution < -0.4 is 5.32 Å². The number of benzene rings is 1. The average molecular weight is 191 g/mol. The van der Waals surface area contributed by atoms with Crippen molar-refractivity contribution in [3.05, 3.63) is 43.0 Å². The molecule has 0 fully saturated rings. The van der Waals surface area contributed by atoms with Gasteiger partial charge in [-0.2, -0.15) is 0 Å². The second-order valence-electron chi connectivity index (χ2n) is 2.90. The Hall–Kier alpha value is -1.61. The Bertz CT molecular complexity index is 308. The predicted molar refractivity (Wildman–Crippen MR) is 55.9 cm³/mol. The van der Waals surface area contributed by atoms with Crippen LogP contribution in [0.4, 0.5) is 5.69 Å². The number of aliphatic hydroxyl groups is 1. The fourth-order valence-corrected chi connectivity index (χ4v) is 1.01. The van der Waals surface area contributed by atoms with E-state index in [2.05, 4.69) is 11.9 Å². The Balaban J connectivity index is 2.53. The summed E-state index contributed by atoms with van der Waals surface area (Å²) < 4.78 is 0. The molecule has 0 saturated carbocycles. The minimum absolute atomic E-state index is 0.263. The molecule has 1 aromatic carbocycles. The Kier molecular flexibility index (Phi) is 3.88. The standard InChI is InChI=1S/C11H13NO2/c1-2-6-10(13)11(14)12-9-7-4-3-5-8-9/h2-5,7-8,10,13H,1,6H2,(H,12,14). The highest BCUT2D eigenvalue weighted by atomic mass is 16.3. The van der Waals surface area contributed by atoms with E-state index in [4.69, 9.17) is 0 Å². The molecule has 1 amide bonds. The molecule has 0 aliphatic carbocycles. The predicted octanol–water partition coefficient (Wildman–Crippen LogP) is 1.56. The third-order valence-corrected chi connectivity index (χ3v) is 1.73. The number of carbonyl (C=O) groups is 1. The van der Waals surface area contributed by atoms with E-state index < -0.39 is 12.0 Å². The number of carbonyl (C=O) groups excluding carboxylic acids is 1. The van der Waals surface area contributed by atoms with Crippen LogP contribution in [0.2, 0.25) is 0 Å². The second-order valence-corrected chi connectivity index (χ2v) is 2.90. The topological polar surface area (TPSA) is 49.3 Å². The van der Waals surface area contributed by atoms with Crippen molar-refractivity contribution in [2.75, 3.05) is 5.32 Å². The monoisotopic (exact) mass is 191 g/mol. The summed E-state index contributed by atoms with van der Waals surface area (Å²) in [5.74, 6) is -0.406. The quantitative estimate of drug-likeness (QED) is 0.709. The Morgan fingerprint density at radius 1 is 1.50 bits per heavy atom. The lowest BCUT2D eigenvalue weighted by Gasteiger charge is -2.08. The van der Waals surface area contributed by atoms with Crippen LogP contribution in [0, 0.1) is 0 Å². The maximum Gasteiger partial charge on any atom is 0.253 e. The Morgan fingerprint density at radius 2 is 2.14 bits per heavy atom. The first kappa shape index (κ1) is 10.5. The summed E-state index contributed by atoms with van der Waals surface area (Å²) in [7, 11) is 0. The van der Waals surface area contributed by atoms with Gasteiger partial charge in [0.25, 0.3) is 5.91 Å². The highest BCUT2D eigenvalue weighted by molar-refractivity contribution is 5.93. The minimum atomic E-state index is -1.02. The molecule has 3 nitrogen and oxygen atoms in total. The molecule has 1 rings (SSSR count). The number of anilines is 1. The maximum atomic E-state index is 11.3. The van der Waals surface area contributed by atoms with Crippen LogP contribution in [0.5, 0.6) is 0 Å². The lowest BCUT2D eigenvalue weighted by molar-refractivity contribution is -0.123. The van der Waals surface area contributed by atoms with E-state index in [1.165, 1.54) is 6.08 Å². The number of para-hydroxylation sites is 1. The highest BCUT2D eigenvalue weighted by Crippen LogP contribution is 2.06. The Labute approximate surface area is 83.1 Å². The van der Waals surface area contributed by atoms with Crippen molar-refractivity contribution >= 4 is 11.6 Å². The van der Waals surface area contributed by atoms with Crippen molar-refractivity contribution in [3.8, 4) is 0 Å². The third kappa shape index (κ3) is 3.03. The van der Waals surface area contributed by atoms with Gasteiger partial charge in [-0.25, -0.2) is 0 Å². The van der Waals surface area contributed by atoms with Crippen molar-refractivity contribution in [2.24, 2.45) is 0 Å². The van der Waals surface area contributed by atoms with Gasteiger partial charge in [0.2, 0.25) is 0 Å². The van der Waals surface area contributed by atoms with E-state index in [1.54, 1.807) is 12.1 Å². The van der Waals surface area contributed by atoms with Gasteiger partial charge >= 0.3 is 0 Å². The molecule has 1 atom stereocenters. The summed E-state index contributed by atoms with van der Waals surface area (Å²) in [5, 5.41) is 11.9. The van der Waals surface area contributed by atoms with Crippen molar-refractivity contribution in [3.63, 3.8) is 0 Å². The molecule has 0 radical (unpaired) electrons. The molecule has 0 aliphatic heterocycles. The first-order chi connectivity index (χ1) is 6.74. The molecule has 0 spiro atoms. The van der Waals surface area contributed by atoms with Crippen LogP contribution in [-0.4, -0.2) is 17.1 Å². The zero-order valence-corrected chi connectivity index (χ0v) is 7.81. The number of hydrogen-bond acceptors (Lipinski definition) is 2. The van der Waals surface area contributed by atoms with Crippen molar-refractivity contribution in [1.82, 2.24) is 0 Å². The summed E-state index contributed by atoms with van der Waals surface area (Å²) in [6.07, 6.45) is 0.751. The van der Waals surface area contributed by atoms with E-state index in [0.717, 1.165) is 0 Å². The van der Waals surface area contributed by atoms with E-state index >= 15 is 0 Å². The lowest BCUT2D eigenvalue weighted by atomic mass is 10.2. The molecule has 2 N–H and O–H groups in total. The van der Waals surface area contributed by atoms with Gasteiger partial charge in [0, 0.05) is 12.1 Å². The summed E-state index contributed by atoms with van der Waals surface area (Å²) in [6, 6.07) is 9.01. The van der Waals surface area contributed by atoms with Crippen molar-refractivity contribution in [2.45, 2.75) is 12.5 Å². The van der Waals surface area contributed by atoms with E-state index in [-0.39, 0.29) is 6.42 Å². The molecular formula is C11H13NO2. The van der Waals surface area contributed by atoms with Gasteiger partial charge in [-0.15, -0.1) is 6.58 Å². The van der Waals surface area contributed by atoms with Crippen molar-refractivity contribution < 1.29 is 9.90 Å². The van der Waals surface area contributed by atoms with Crippen LogP contribution in [0.15, 0.2) is 43.0 Å². The molecule has 0 saturated heterocycles. The molecular weight excluding hydrogens is 178 g/mol. The fourth-order valence-electron chi connectivity index (χ4n) is 1.01. The van der Waals surface area contributed by atoms with Gasteiger partial charge in [0.05, 0.1) is 0 Å². The van der Waals surface area contributed by atoms with Gasteiger partial charge < -0.3 is 10.4 Å². The molecule has 0 aliphatic rings. The summed E-state index contributed by atoms with van der Waals surface area (Å²) in [6.45, 7) is 3.45. The molecule has 3 heteroatoms. The molecule has 0 heterocycles. The van der Waals surface area contributed by atoms with Gasteiger partial charge in [-0.05, 0) is 12.1 Å². The maximum absolute atomic E-state index is 11.3. The van der Waals surface area contributed by atoms with Crippen LogP contribution in [-0.2, 0) is 4.79 Å². The van der Waals surface area contributed by atoms with Crippen LogP contribution in [0.3, 0.4) is 0 Å². The van der Waals surface area contributed by atoms with E-state index in [1.807, 2.05) is 18.2 Å². The Morgan fingerprint density at radius 3 is 2.71 bits per heavy atom. The van der Waals surface area contributed by atoms with Gasteiger partial charge in [0.15, 0.2) is 0 Å². The van der Waals surface area contributed by atoms with E-state index in [0.29, 0.717) is 5.69 Å². The van der Waals surface area contributed by atoms with Crippen LogP contribution in [0.25, 0.3) is 0 Å². The lowest BCUT2D eigenvalue weighted by Crippen LogP contribution is -2.26. The zero-order chi connectivity index (χ0) is 10.4. The first-order valence-electron chi connectivity index (χ1n) is 4.39. The number of amides is 1. The summed E-state index contributed by atoms with van der Waals surface area (Å²) in [5.41, 5.74) is 0.681. The third-order valence-electron chi connectivity index (χ3n) is 1.73. The van der Waals surface area contributed by atoms with Crippen LogP contribution >= 0.6 is 0 Å². The molecule has 0 aromatic heterocycles. The summed E-state index contributed by atoms with van der Waals surface area (Å²) in [4.78, 5) is 11.3. The average Bonchev–Trinajstić information content (AvgIpc) is 2.19. The normalized spacial score (nSPS) is 11.8. The van der Waals surface area contributed by atoms with E-state index in [9.17, 15) is 9.90 Å². The zero-order valence-electron chi connectivity index (χ0n) is 7.81. The molecule has 1 aromatic rings. The number of nitrogens with one attached hydrogen (secondary N) is 1. The van der Waals surface area contributed by atoms with Crippen LogP contribution in [0.1, 0.15) is 6.42 Å². The van der Waals surface area contributed by atoms with Gasteiger partial charge in [-0.3, -0.25) is 4.79 Å². The molecule has 14 heavy (non-hydrogen) atoms. The van der Waals surface area contributed by atoms with Gasteiger partial charge in [0.1, 0.15) is 6.10 Å². The summed E-state index contributed by atoms with van der Waals surface area (Å²) >= 11 is 0. The SMILES string of the molecule is C=CCC(O)C(=O)Nc1ccccc1. The molecule has 74 valence electrons. The number of aliphatic hydroxyl groups excluding tert-OH is 1. The van der Waals surface area contributed by atoms with Gasteiger partial charge in [-0.1, -0.05) is 24.3 Å². The number of rotatable bonds is 4. The largest absolute Gasteiger partial charge is 0.383 e. The molecule has 1 unspecified atom stereocenters. The second kappa shape index (κ2) is 5.19. The minimum Gasteiger partial charge on any atom is -0.383 e.